The second-order valence-corrected chi connectivity index (χ2v) is 4.21. The normalized spacial score (nSPS) is 11.8. The molecule has 0 aliphatic heterocycles. The summed E-state index contributed by atoms with van der Waals surface area (Å²) in [5.74, 6) is -0.804. The maximum Gasteiger partial charge on any atom is 0.320 e. The molecule has 1 aromatic carbocycles. The third-order valence-electron chi connectivity index (χ3n) is 2.66. The van der Waals surface area contributed by atoms with Gasteiger partial charge in [-0.05, 0) is 19.0 Å². The van der Waals surface area contributed by atoms with Gasteiger partial charge in [-0.2, -0.15) is 0 Å². The first kappa shape index (κ1) is 15.9. The average Bonchev–Trinajstić information content (AvgIpc) is 2.42. The highest BCUT2D eigenvalue weighted by Gasteiger charge is 2.18. The summed E-state index contributed by atoms with van der Waals surface area (Å²) in [6, 6.07) is 5.31. The zero-order valence-corrected chi connectivity index (χ0v) is 11.2. The van der Waals surface area contributed by atoms with Crippen LogP contribution in [-0.4, -0.2) is 35.2 Å². The van der Waals surface area contributed by atoms with Crippen molar-refractivity contribution in [2.75, 3.05) is 13.2 Å². The Morgan fingerprint density at radius 3 is 2.80 bits per heavy atom. The quantitative estimate of drug-likeness (QED) is 0.529. The molecule has 0 heterocycles. The van der Waals surface area contributed by atoms with Gasteiger partial charge in [-0.1, -0.05) is 19.1 Å². The van der Waals surface area contributed by atoms with Gasteiger partial charge < -0.3 is 15.2 Å². The van der Waals surface area contributed by atoms with Crippen molar-refractivity contribution >= 4 is 11.7 Å². The summed E-state index contributed by atoms with van der Waals surface area (Å²) in [5.41, 5.74) is -0.124. The zero-order chi connectivity index (χ0) is 15.0. The van der Waals surface area contributed by atoms with Crippen LogP contribution >= 0.6 is 0 Å². The van der Waals surface area contributed by atoms with Crippen molar-refractivity contribution in [3.05, 3.63) is 34.4 Å². The van der Waals surface area contributed by atoms with Crippen molar-refractivity contribution in [3.63, 3.8) is 0 Å². The molecule has 1 rings (SSSR count). The number of nitro groups is 1. The van der Waals surface area contributed by atoms with Crippen molar-refractivity contribution in [3.8, 4) is 5.75 Å². The predicted molar refractivity (Wildman–Crippen MR) is 72.9 cm³/mol. The fourth-order valence-corrected chi connectivity index (χ4v) is 1.65. The molecule has 1 aromatic rings. The zero-order valence-electron chi connectivity index (χ0n) is 11.2. The summed E-state index contributed by atoms with van der Waals surface area (Å²) in [5, 5.41) is 22.7. The number of aliphatic carboxylic acids is 1. The fraction of sp³-hybridized carbons (Fsp3) is 0.462. The standard InChI is InChI=1S/C13H18N2O5/c1-2-8-14-10(13(16)17)7-9-20-12-6-4-3-5-11(12)15(18)19/h3-6,10,14H,2,7-9H2,1H3,(H,16,17). The second-order valence-electron chi connectivity index (χ2n) is 4.21. The van der Waals surface area contributed by atoms with Crippen LogP contribution in [-0.2, 0) is 4.79 Å². The number of carboxylic acids is 1. The highest BCUT2D eigenvalue weighted by Crippen LogP contribution is 2.25. The molecular formula is C13H18N2O5. The molecule has 0 amide bonds. The molecule has 0 saturated heterocycles. The van der Waals surface area contributed by atoms with Gasteiger partial charge >= 0.3 is 11.7 Å². The number of para-hydroxylation sites is 2. The Bertz CT molecular complexity index is 464. The fourth-order valence-electron chi connectivity index (χ4n) is 1.65. The number of rotatable bonds is 9. The van der Waals surface area contributed by atoms with E-state index in [1.165, 1.54) is 12.1 Å². The molecule has 0 aliphatic rings. The van der Waals surface area contributed by atoms with Crippen LogP contribution in [0.25, 0.3) is 0 Å². The van der Waals surface area contributed by atoms with Crippen LogP contribution in [0.1, 0.15) is 19.8 Å². The molecular weight excluding hydrogens is 264 g/mol. The van der Waals surface area contributed by atoms with E-state index < -0.39 is 16.9 Å². The molecule has 0 fully saturated rings. The topological polar surface area (TPSA) is 102 Å². The number of carboxylic acid groups (broad SMARTS) is 1. The molecule has 7 heteroatoms. The summed E-state index contributed by atoms with van der Waals surface area (Å²) < 4.78 is 5.31. The minimum Gasteiger partial charge on any atom is -0.487 e. The van der Waals surface area contributed by atoms with E-state index in [0.29, 0.717) is 6.54 Å². The Morgan fingerprint density at radius 1 is 1.50 bits per heavy atom. The lowest BCUT2D eigenvalue weighted by Gasteiger charge is -2.14. The van der Waals surface area contributed by atoms with E-state index in [4.69, 9.17) is 9.84 Å². The molecule has 0 aliphatic carbocycles. The Kier molecular flexibility index (Phi) is 6.45. The number of carbonyl (C=O) groups is 1. The molecule has 0 bridgehead atoms. The number of ether oxygens (including phenoxy) is 1. The number of nitrogens with zero attached hydrogens (tertiary/aromatic N) is 1. The highest BCUT2D eigenvalue weighted by atomic mass is 16.6. The van der Waals surface area contributed by atoms with Crippen LogP contribution in [0.2, 0.25) is 0 Å². The molecule has 0 radical (unpaired) electrons. The first-order chi connectivity index (χ1) is 9.56. The molecule has 1 atom stereocenters. The van der Waals surface area contributed by atoms with Gasteiger partial charge in [-0.15, -0.1) is 0 Å². The second kappa shape index (κ2) is 8.11. The summed E-state index contributed by atoms with van der Waals surface area (Å²) >= 11 is 0. The predicted octanol–water partition coefficient (Wildman–Crippen LogP) is 1.82. The number of nitro benzene ring substituents is 1. The van der Waals surface area contributed by atoms with Crippen LogP contribution < -0.4 is 10.1 Å². The molecule has 7 nitrogen and oxygen atoms in total. The lowest BCUT2D eigenvalue weighted by molar-refractivity contribution is -0.385. The Labute approximate surface area is 116 Å². The molecule has 0 saturated carbocycles. The van der Waals surface area contributed by atoms with Gasteiger partial charge in [0.1, 0.15) is 6.04 Å². The maximum absolute atomic E-state index is 11.0. The van der Waals surface area contributed by atoms with Gasteiger partial charge in [0, 0.05) is 12.5 Å². The first-order valence-corrected chi connectivity index (χ1v) is 6.38. The van der Waals surface area contributed by atoms with E-state index in [0.717, 1.165) is 6.42 Å². The molecule has 0 spiro atoms. The van der Waals surface area contributed by atoms with E-state index in [-0.39, 0.29) is 24.5 Å². The van der Waals surface area contributed by atoms with Crippen LogP contribution in [0, 0.1) is 10.1 Å². The van der Waals surface area contributed by atoms with Gasteiger partial charge in [0.2, 0.25) is 0 Å². The minimum absolute atomic E-state index is 0.0958. The number of hydrogen-bond acceptors (Lipinski definition) is 5. The van der Waals surface area contributed by atoms with Crippen LogP contribution in [0.5, 0.6) is 5.75 Å². The highest BCUT2D eigenvalue weighted by molar-refractivity contribution is 5.73. The molecule has 2 N–H and O–H groups in total. The lowest BCUT2D eigenvalue weighted by Crippen LogP contribution is -2.38. The lowest BCUT2D eigenvalue weighted by atomic mass is 10.2. The van der Waals surface area contributed by atoms with Gasteiger partial charge in [0.05, 0.1) is 11.5 Å². The summed E-state index contributed by atoms with van der Waals surface area (Å²) in [6.07, 6.45) is 1.07. The Hall–Kier alpha value is -2.15. The van der Waals surface area contributed by atoms with Crippen molar-refractivity contribution in [2.45, 2.75) is 25.8 Å². The summed E-state index contributed by atoms with van der Waals surface area (Å²) in [4.78, 5) is 21.3. The molecule has 0 aromatic heterocycles. The van der Waals surface area contributed by atoms with Crippen molar-refractivity contribution in [1.82, 2.24) is 5.32 Å². The average molecular weight is 282 g/mol. The van der Waals surface area contributed by atoms with Gasteiger partial charge in [0.15, 0.2) is 5.75 Å². The van der Waals surface area contributed by atoms with E-state index >= 15 is 0 Å². The summed E-state index contributed by atoms with van der Waals surface area (Å²) in [7, 11) is 0. The third-order valence-corrected chi connectivity index (χ3v) is 2.66. The van der Waals surface area contributed by atoms with E-state index in [1.807, 2.05) is 6.92 Å². The SMILES string of the molecule is CCCNC(CCOc1ccccc1[N+](=O)[O-])C(=O)O. The molecule has 1 unspecified atom stereocenters. The Balaban J connectivity index is 2.54. The van der Waals surface area contributed by atoms with E-state index in [1.54, 1.807) is 12.1 Å². The van der Waals surface area contributed by atoms with E-state index in [9.17, 15) is 14.9 Å². The Morgan fingerprint density at radius 2 is 2.20 bits per heavy atom. The van der Waals surface area contributed by atoms with Gasteiger partial charge in [-0.25, -0.2) is 0 Å². The van der Waals surface area contributed by atoms with Crippen molar-refractivity contribution in [2.24, 2.45) is 0 Å². The largest absolute Gasteiger partial charge is 0.487 e. The smallest absolute Gasteiger partial charge is 0.320 e. The number of nitrogens with one attached hydrogen (secondary N) is 1. The molecule has 110 valence electrons. The minimum atomic E-state index is -0.954. The number of benzene rings is 1. The van der Waals surface area contributed by atoms with Crippen molar-refractivity contribution < 1.29 is 19.6 Å². The van der Waals surface area contributed by atoms with E-state index in [2.05, 4.69) is 5.32 Å². The van der Waals surface area contributed by atoms with Gasteiger partial charge in [-0.3, -0.25) is 14.9 Å². The third kappa shape index (κ3) is 4.85. The van der Waals surface area contributed by atoms with Crippen molar-refractivity contribution in [1.29, 1.82) is 0 Å². The number of hydrogen-bond donors (Lipinski definition) is 2. The van der Waals surface area contributed by atoms with Gasteiger partial charge in [0.25, 0.3) is 0 Å². The first-order valence-electron chi connectivity index (χ1n) is 6.38. The monoisotopic (exact) mass is 282 g/mol. The van der Waals surface area contributed by atoms with Crippen LogP contribution in [0.4, 0.5) is 5.69 Å². The summed E-state index contributed by atoms with van der Waals surface area (Å²) in [6.45, 7) is 2.64. The van der Waals surface area contributed by atoms with Crippen LogP contribution in [0.3, 0.4) is 0 Å². The molecule has 20 heavy (non-hydrogen) atoms. The van der Waals surface area contributed by atoms with Crippen LogP contribution in [0.15, 0.2) is 24.3 Å². The maximum atomic E-state index is 11.0.